The lowest BCUT2D eigenvalue weighted by Crippen LogP contribution is -2.50. The van der Waals surface area contributed by atoms with E-state index in [1.54, 1.807) is 14.2 Å². The predicted octanol–water partition coefficient (Wildman–Crippen LogP) is 1.72. The molecule has 0 spiro atoms. The van der Waals surface area contributed by atoms with Crippen LogP contribution < -0.4 is 0 Å². The molecule has 0 saturated heterocycles. The standard InChI is InChI=1S/C16H32N2O4/c1-15(2,3)22-14(20)18(5)11-13(19)10-17(4)12-16(21-6)8-7-9-16/h13,19H,7-12H2,1-6H3. The van der Waals surface area contributed by atoms with E-state index < -0.39 is 17.8 Å². The Bertz CT molecular complexity index is 358. The normalized spacial score (nSPS) is 18.7. The summed E-state index contributed by atoms with van der Waals surface area (Å²) in [5.41, 5.74) is -0.576. The molecule has 1 amide bonds. The number of nitrogens with zero attached hydrogens (tertiary/aromatic N) is 2. The number of aliphatic hydroxyl groups excluding tert-OH is 1. The minimum Gasteiger partial charge on any atom is -0.444 e. The maximum absolute atomic E-state index is 11.9. The second-order valence-corrected chi connectivity index (χ2v) is 7.45. The Hall–Kier alpha value is -0.850. The molecule has 6 nitrogen and oxygen atoms in total. The molecule has 1 saturated carbocycles. The van der Waals surface area contributed by atoms with E-state index in [0.29, 0.717) is 6.54 Å². The van der Waals surface area contributed by atoms with Crippen LogP contribution in [-0.2, 0) is 9.47 Å². The summed E-state index contributed by atoms with van der Waals surface area (Å²) in [5, 5.41) is 10.2. The van der Waals surface area contributed by atoms with Gasteiger partial charge in [-0.1, -0.05) is 0 Å². The minimum atomic E-state index is -0.614. The van der Waals surface area contributed by atoms with Crippen molar-refractivity contribution in [2.24, 2.45) is 0 Å². The van der Waals surface area contributed by atoms with Gasteiger partial charge in [0.25, 0.3) is 0 Å². The molecule has 0 heterocycles. The summed E-state index contributed by atoms with van der Waals surface area (Å²) in [6, 6.07) is 0. The smallest absolute Gasteiger partial charge is 0.410 e. The van der Waals surface area contributed by atoms with Crippen LogP contribution in [-0.4, -0.2) is 79.1 Å². The molecule has 0 aromatic rings. The van der Waals surface area contributed by atoms with Gasteiger partial charge in [0.1, 0.15) is 5.60 Å². The molecule has 22 heavy (non-hydrogen) atoms. The molecule has 1 rings (SSSR count). The number of ether oxygens (including phenoxy) is 2. The van der Waals surface area contributed by atoms with Crippen LogP contribution in [0.3, 0.4) is 0 Å². The molecule has 1 aliphatic carbocycles. The van der Waals surface area contributed by atoms with Crippen molar-refractivity contribution < 1.29 is 19.4 Å². The molecule has 0 bridgehead atoms. The summed E-state index contributed by atoms with van der Waals surface area (Å²) in [7, 11) is 5.36. The van der Waals surface area contributed by atoms with E-state index >= 15 is 0 Å². The molecule has 130 valence electrons. The van der Waals surface area contributed by atoms with Gasteiger partial charge in [0.2, 0.25) is 0 Å². The average Bonchev–Trinajstić information content (AvgIpc) is 2.31. The lowest BCUT2D eigenvalue weighted by atomic mass is 9.79. The third kappa shape index (κ3) is 6.10. The summed E-state index contributed by atoms with van der Waals surface area (Å²) in [4.78, 5) is 15.4. The second kappa shape index (κ2) is 7.62. The van der Waals surface area contributed by atoms with E-state index in [0.717, 1.165) is 19.4 Å². The van der Waals surface area contributed by atoms with Crippen LogP contribution in [0.5, 0.6) is 0 Å². The second-order valence-electron chi connectivity index (χ2n) is 7.45. The maximum Gasteiger partial charge on any atom is 0.410 e. The Morgan fingerprint density at radius 3 is 2.27 bits per heavy atom. The van der Waals surface area contributed by atoms with Crippen molar-refractivity contribution in [3.8, 4) is 0 Å². The number of carbonyl (C=O) groups excluding carboxylic acids is 1. The lowest BCUT2D eigenvalue weighted by Gasteiger charge is -2.43. The van der Waals surface area contributed by atoms with E-state index in [9.17, 15) is 9.90 Å². The van der Waals surface area contributed by atoms with E-state index in [1.165, 1.54) is 11.3 Å². The molecule has 0 radical (unpaired) electrons. The van der Waals surface area contributed by atoms with Gasteiger partial charge in [-0.3, -0.25) is 0 Å². The maximum atomic E-state index is 11.9. The Morgan fingerprint density at radius 1 is 1.27 bits per heavy atom. The van der Waals surface area contributed by atoms with Crippen molar-refractivity contribution >= 4 is 6.09 Å². The lowest BCUT2D eigenvalue weighted by molar-refractivity contribution is -0.0917. The van der Waals surface area contributed by atoms with Gasteiger partial charge in [-0.15, -0.1) is 0 Å². The van der Waals surface area contributed by atoms with Crippen LogP contribution in [0.2, 0.25) is 0 Å². The fourth-order valence-corrected chi connectivity index (χ4v) is 2.70. The Kier molecular flexibility index (Phi) is 6.65. The third-order valence-corrected chi connectivity index (χ3v) is 3.97. The number of likely N-dealkylation sites (N-methyl/N-ethyl adjacent to an activating group) is 2. The van der Waals surface area contributed by atoms with E-state index in [2.05, 4.69) is 4.90 Å². The van der Waals surface area contributed by atoms with Crippen molar-refractivity contribution in [1.82, 2.24) is 9.80 Å². The summed E-state index contributed by atoms with van der Waals surface area (Å²) < 4.78 is 10.9. The van der Waals surface area contributed by atoms with Crippen LogP contribution >= 0.6 is 0 Å². The van der Waals surface area contributed by atoms with E-state index in [4.69, 9.17) is 9.47 Å². The zero-order valence-electron chi connectivity index (χ0n) is 14.9. The monoisotopic (exact) mass is 316 g/mol. The molecular weight excluding hydrogens is 284 g/mol. The quantitative estimate of drug-likeness (QED) is 0.775. The summed E-state index contributed by atoms with van der Waals surface area (Å²) in [6.07, 6.45) is 2.31. The molecule has 1 N–H and O–H groups in total. The zero-order valence-corrected chi connectivity index (χ0v) is 14.9. The fourth-order valence-electron chi connectivity index (χ4n) is 2.70. The van der Waals surface area contributed by atoms with E-state index in [-0.39, 0.29) is 12.1 Å². The van der Waals surface area contributed by atoms with Crippen molar-refractivity contribution in [2.75, 3.05) is 40.8 Å². The van der Waals surface area contributed by atoms with Crippen LogP contribution in [0.4, 0.5) is 4.79 Å². The topological polar surface area (TPSA) is 62.2 Å². The molecule has 0 aromatic carbocycles. The van der Waals surface area contributed by atoms with Gasteiger partial charge in [-0.05, 0) is 47.1 Å². The molecule has 0 aromatic heterocycles. The molecule has 1 aliphatic rings. The number of hydrogen-bond donors (Lipinski definition) is 1. The van der Waals surface area contributed by atoms with Gasteiger partial charge in [-0.25, -0.2) is 4.79 Å². The largest absolute Gasteiger partial charge is 0.444 e. The van der Waals surface area contributed by atoms with Crippen molar-refractivity contribution in [3.63, 3.8) is 0 Å². The highest BCUT2D eigenvalue weighted by atomic mass is 16.6. The summed E-state index contributed by atoms with van der Waals surface area (Å²) in [5.74, 6) is 0. The Morgan fingerprint density at radius 2 is 1.86 bits per heavy atom. The zero-order chi connectivity index (χ0) is 17.0. The average molecular weight is 316 g/mol. The van der Waals surface area contributed by atoms with E-state index in [1.807, 2.05) is 27.8 Å². The SMILES string of the molecule is COC1(CN(C)CC(O)CN(C)C(=O)OC(C)(C)C)CCC1. The molecule has 1 fully saturated rings. The van der Waals surface area contributed by atoms with Gasteiger partial charge in [0.15, 0.2) is 0 Å². The first-order valence-corrected chi connectivity index (χ1v) is 7.93. The first kappa shape index (κ1) is 19.2. The van der Waals surface area contributed by atoms with Crippen LogP contribution in [0.1, 0.15) is 40.0 Å². The van der Waals surface area contributed by atoms with Crippen LogP contribution in [0, 0.1) is 0 Å². The van der Waals surface area contributed by atoms with Gasteiger partial charge in [-0.2, -0.15) is 0 Å². The molecule has 1 atom stereocenters. The number of amides is 1. The number of aliphatic hydroxyl groups is 1. The van der Waals surface area contributed by atoms with Crippen molar-refractivity contribution in [1.29, 1.82) is 0 Å². The van der Waals surface area contributed by atoms with Crippen LogP contribution in [0.15, 0.2) is 0 Å². The van der Waals surface area contributed by atoms with Gasteiger partial charge < -0.3 is 24.4 Å². The van der Waals surface area contributed by atoms with Gasteiger partial charge >= 0.3 is 6.09 Å². The molecule has 6 heteroatoms. The Labute approximate surface area is 134 Å². The predicted molar refractivity (Wildman–Crippen MR) is 86.0 cm³/mol. The Balaban J connectivity index is 2.35. The summed E-state index contributed by atoms with van der Waals surface area (Å²) >= 11 is 0. The third-order valence-electron chi connectivity index (χ3n) is 3.97. The van der Waals surface area contributed by atoms with Crippen molar-refractivity contribution in [2.45, 2.75) is 57.3 Å². The fraction of sp³-hybridized carbons (Fsp3) is 0.938. The van der Waals surface area contributed by atoms with Crippen LogP contribution in [0.25, 0.3) is 0 Å². The summed E-state index contributed by atoms with van der Waals surface area (Å²) in [6.45, 7) is 7.03. The number of carbonyl (C=O) groups is 1. The van der Waals surface area contributed by atoms with Gasteiger partial charge in [0.05, 0.1) is 18.2 Å². The minimum absolute atomic E-state index is 0.0501. The first-order valence-electron chi connectivity index (χ1n) is 7.93. The van der Waals surface area contributed by atoms with Gasteiger partial charge in [0, 0.05) is 27.2 Å². The highest BCUT2D eigenvalue weighted by Crippen LogP contribution is 2.35. The molecule has 0 aliphatic heterocycles. The molecule has 1 unspecified atom stereocenters. The number of rotatable bonds is 7. The number of hydrogen-bond acceptors (Lipinski definition) is 5. The highest BCUT2D eigenvalue weighted by molar-refractivity contribution is 5.67. The first-order chi connectivity index (χ1) is 10.1. The highest BCUT2D eigenvalue weighted by Gasteiger charge is 2.38. The molecular formula is C16H32N2O4. The van der Waals surface area contributed by atoms with Crippen molar-refractivity contribution in [3.05, 3.63) is 0 Å². The number of methoxy groups -OCH3 is 1.